The van der Waals surface area contributed by atoms with Gasteiger partial charge in [0.1, 0.15) is 0 Å². The summed E-state index contributed by atoms with van der Waals surface area (Å²) in [6.07, 6.45) is 11.6. The summed E-state index contributed by atoms with van der Waals surface area (Å²) >= 11 is 3.57. The molecule has 29 heavy (non-hydrogen) atoms. The summed E-state index contributed by atoms with van der Waals surface area (Å²) in [5.41, 5.74) is 4.16. The summed E-state index contributed by atoms with van der Waals surface area (Å²) in [5.74, 6) is 1.91. The van der Waals surface area contributed by atoms with Gasteiger partial charge in [-0.05, 0) is 91.4 Å². The van der Waals surface area contributed by atoms with Crippen molar-refractivity contribution < 1.29 is 10.2 Å². The quantitative estimate of drug-likeness (QED) is 0.499. The van der Waals surface area contributed by atoms with Crippen molar-refractivity contribution in [1.82, 2.24) is 0 Å². The highest BCUT2D eigenvalue weighted by Gasteiger charge is 2.59. The lowest BCUT2D eigenvalue weighted by atomic mass is 9.48. The summed E-state index contributed by atoms with van der Waals surface area (Å²) in [5, 5.41) is 21.6. The van der Waals surface area contributed by atoms with Gasteiger partial charge in [0.15, 0.2) is 0 Å². The highest BCUT2D eigenvalue weighted by Crippen LogP contribution is 2.65. The molecule has 0 bridgehead atoms. The van der Waals surface area contributed by atoms with Crippen LogP contribution >= 0.6 is 15.9 Å². The van der Waals surface area contributed by atoms with E-state index < -0.39 is 0 Å². The fraction of sp³-hybridized carbons (Fsp3) is 0.615. The minimum Gasteiger partial charge on any atom is -0.393 e. The van der Waals surface area contributed by atoms with Crippen LogP contribution in [0, 0.1) is 28.6 Å². The lowest BCUT2D eigenvalue weighted by Crippen LogP contribution is -2.51. The molecule has 4 aliphatic rings. The first-order chi connectivity index (χ1) is 13.8. The average Bonchev–Trinajstić information content (AvgIpc) is 2.93. The molecule has 1 aromatic carbocycles. The first-order valence-electron chi connectivity index (χ1n) is 11.3. The standard InChI is InChI=1S/C26H33BrO2/c1-25-10-8-20(28)15-18(25)6-7-21-22(25)9-11-26(2)23(21)14-17(24(26)29)12-16-4-3-5-19(27)13-16/h3-6,12-13,20-24,28-29H,7-11,14-15H2,1-2H3. The van der Waals surface area contributed by atoms with E-state index in [1.807, 2.05) is 6.07 Å². The van der Waals surface area contributed by atoms with E-state index in [0.717, 1.165) is 43.0 Å². The van der Waals surface area contributed by atoms with Crippen LogP contribution in [0.4, 0.5) is 0 Å². The second-order valence-corrected chi connectivity index (χ2v) is 11.5. The van der Waals surface area contributed by atoms with Gasteiger partial charge in [-0.25, -0.2) is 0 Å². The number of allylic oxidation sites excluding steroid dienone is 1. The molecule has 2 N–H and O–H groups in total. The Labute approximate surface area is 183 Å². The molecule has 5 rings (SSSR count). The third-order valence-electron chi connectivity index (χ3n) is 9.15. The minimum atomic E-state index is -0.334. The minimum absolute atomic E-state index is 0.00506. The van der Waals surface area contributed by atoms with E-state index in [0.29, 0.717) is 17.8 Å². The van der Waals surface area contributed by atoms with Crippen molar-refractivity contribution >= 4 is 22.0 Å². The van der Waals surface area contributed by atoms with E-state index in [1.165, 1.54) is 23.1 Å². The van der Waals surface area contributed by atoms with Crippen LogP contribution in [0.25, 0.3) is 6.08 Å². The van der Waals surface area contributed by atoms with Crippen LogP contribution in [0.3, 0.4) is 0 Å². The van der Waals surface area contributed by atoms with Gasteiger partial charge in [-0.1, -0.05) is 59.6 Å². The molecule has 3 saturated carbocycles. The molecule has 7 unspecified atom stereocenters. The Hall–Kier alpha value is -0.900. The van der Waals surface area contributed by atoms with Crippen LogP contribution < -0.4 is 0 Å². The zero-order chi connectivity index (χ0) is 20.4. The van der Waals surface area contributed by atoms with Gasteiger partial charge in [0.05, 0.1) is 12.2 Å². The van der Waals surface area contributed by atoms with Gasteiger partial charge in [0, 0.05) is 9.89 Å². The second-order valence-electron chi connectivity index (χ2n) is 10.6. The number of hydrogen-bond donors (Lipinski definition) is 2. The molecule has 3 heteroatoms. The van der Waals surface area contributed by atoms with E-state index in [1.54, 1.807) is 0 Å². The van der Waals surface area contributed by atoms with Crippen LogP contribution in [-0.2, 0) is 0 Å². The van der Waals surface area contributed by atoms with Crippen LogP contribution in [0.2, 0.25) is 0 Å². The lowest BCUT2D eigenvalue weighted by molar-refractivity contribution is -0.0685. The Morgan fingerprint density at radius 1 is 1.07 bits per heavy atom. The fourth-order valence-corrected chi connectivity index (χ4v) is 7.87. The molecule has 0 spiro atoms. The average molecular weight is 457 g/mol. The fourth-order valence-electron chi connectivity index (χ4n) is 7.45. The molecule has 0 aliphatic heterocycles. The normalized spacial score (nSPS) is 45.3. The van der Waals surface area contributed by atoms with Crippen molar-refractivity contribution in [3.8, 4) is 0 Å². The third kappa shape index (κ3) is 3.11. The molecule has 2 nitrogen and oxygen atoms in total. The molecule has 1 aromatic rings. The van der Waals surface area contributed by atoms with Crippen molar-refractivity contribution in [3.63, 3.8) is 0 Å². The molecule has 0 radical (unpaired) electrons. The highest BCUT2D eigenvalue weighted by molar-refractivity contribution is 9.10. The molecule has 0 saturated heterocycles. The summed E-state index contributed by atoms with van der Waals surface area (Å²) in [4.78, 5) is 0. The summed E-state index contributed by atoms with van der Waals surface area (Å²) < 4.78 is 1.08. The van der Waals surface area contributed by atoms with Gasteiger partial charge in [0.25, 0.3) is 0 Å². The number of halogens is 1. The molecular formula is C26H33BrO2. The number of fused-ring (bicyclic) bond motifs is 5. The number of aliphatic hydroxyl groups excluding tert-OH is 2. The van der Waals surface area contributed by atoms with E-state index in [4.69, 9.17) is 0 Å². The van der Waals surface area contributed by atoms with E-state index in [2.05, 4.69) is 60.1 Å². The Balaban J connectivity index is 1.47. The zero-order valence-corrected chi connectivity index (χ0v) is 19.2. The van der Waals surface area contributed by atoms with Crippen LogP contribution in [0.5, 0.6) is 0 Å². The first-order valence-corrected chi connectivity index (χ1v) is 12.1. The maximum atomic E-state index is 11.4. The largest absolute Gasteiger partial charge is 0.393 e. The van der Waals surface area contributed by atoms with Crippen LogP contribution in [0.1, 0.15) is 64.4 Å². The molecule has 0 amide bonds. The molecule has 0 aromatic heterocycles. The van der Waals surface area contributed by atoms with Crippen molar-refractivity contribution in [2.45, 2.75) is 71.0 Å². The maximum Gasteiger partial charge on any atom is 0.0809 e. The number of rotatable bonds is 1. The Morgan fingerprint density at radius 2 is 1.90 bits per heavy atom. The smallest absolute Gasteiger partial charge is 0.0809 e. The Kier molecular flexibility index (Phi) is 4.88. The second kappa shape index (κ2) is 7.07. The molecule has 0 heterocycles. The van der Waals surface area contributed by atoms with Crippen LogP contribution in [0.15, 0.2) is 46.0 Å². The predicted octanol–water partition coefficient (Wildman–Crippen LogP) is 6.13. The van der Waals surface area contributed by atoms with Crippen molar-refractivity contribution in [3.05, 3.63) is 51.5 Å². The summed E-state index contributed by atoms with van der Waals surface area (Å²) in [6, 6.07) is 8.37. The van der Waals surface area contributed by atoms with Crippen molar-refractivity contribution in [1.29, 1.82) is 0 Å². The molecule has 3 fully saturated rings. The van der Waals surface area contributed by atoms with Gasteiger partial charge in [-0.2, -0.15) is 0 Å². The van der Waals surface area contributed by atoms with Gasteiger partial charge < -0.3 is 10.2 Å². The molecule has 156 valence electrons. The SMILES string of the molecule is CC12CCC(O)CC1=CCC1C2CCC2(C)C(O)C(=Cc3cccc(Br)c3)CC12. The van der Waals surface area contributed by atoms with Gasteiger partial charge in [0.2, 0.25) is 0 Å². The zero-order valence-electron chi connectivity index (χ0n) is 17.6. The summed E-state index contributed by atoms with van der Waals surface area (Å²) in [7, 11) is 0. The number of benzene rings is 1. The van der Waals surface area contributed by atoms with Gasteiger partial charge in [-0.15, -0.1) is 0 Å². The summed E-state index contributed by atoms with van der Waals surface area (Å²) in [6.45, 7) is 4.81. The van der Waals surface area contributed by atoms with E-state index >= 15 is 0 Å². The Morgan fingerprint density at radius 3 is 2.69 bits per heavy atom. The maximum absolute atomic E-state index is 11.4. The number of hydrogen-bond acceptors (Lipinski definition) is 2. The number of aliphatic hydroxyl groups is 2. The van der Waals surface area contributed by atoms with E-state index in [-0.39, 0.29) is 23.0 Å². The van der Waals surface area contributed by atoms with Gasteiger partial charge in [-0.3, -0.25) is 0 Å². The molecule has 7 atom stereocenters. The van der Waals surface area contributed by atoms with E-state index in [9.17, 15) is 10.2 Å². The van der Waals surface area contributed by atoms with Crippen LogP contribution in [-0.4, -0.2) is 22.4 Å². The predicted molar refractivity (Wildman–Crippen MR) is 121 cm³/mol. The Bertz CT molecular complexity index is 873. The van der Waals surface area contributed by atoms with Gasteiger partial charge >= 0.3 is 0 Å². The van der Waals surface area contributed by atoms with Crippen molar-refractivity contribution in [2.75, 3.05) is 0 Å². The lowest BCUT2D eigenvalue weighted by Gasteiger charge is -2.57. The molecular weight excluding hydrogens is 424 g/mol. The monoisotopic (exact) mass is 456 g/mol. The topological polar surface area (TPSA) is 40.5 Å². The first kappa shape index (κ1) is 20.0. The van der Waals surface area contributed by atoms with Crippen molar-refractivity contribution in [2.24, 2.45) is 28.6 Å². The molecule has 4 aliphatic carbocycles. The third-order valence-corrected chi connectivity index (χ3v) is 9.64. The highest BCUT2D eigenvalue weighted by atomic mass is 79.9.